The molecule has 0 fully saturated rings. The van der Waals surface area contributed by atoms with Crippen LogP contribution in [0.3, 0.4) is 0 Å². The van der Waals surface area contributed by atoms with Crippen molar-refractivity contribution in [2.24, 2.45) is 0 Å². The molecule has 0 amide bonds. The van der Waals surface area contributed by atoms with E-state index in [4.69, 9.17) is 18.9 Å². The number of carbonyl (C=O) groups excluding carboxylic acids is 1. The number of nitrogens with one attached hydrogen (secondary N) is 2. The SMILES string of the molecule is COc1ccccc1Oc1c(NS(=O)(=O)c2ccc(C(C)C)cn2)nc(-c2ccnc(-c3nn[nH]n3)c2)nc1OCCOC(=O)CCCO[N+](=O)[O-]. The van der Waals surface area contributed by atoms with Crippen LogP contribution in [0.15, 0.2) is 66.0 Å². The Morgan fingerprint density at radius 1 is 1.02 bits per heavy atom. The molecule has 0 radical (unpaired) electrons. The Balaban J connectivity index is 1.54. The van der Waals surface area contributed by atoms with Crippen molar-refractivity contribution >= 4 is 21.8 Å². The van der Waals surface area contributed by atoms with E-state index < -0.39 is 21.1 Å². The molecule has 0 aliphatic heterocycles. The standard InChI is InChI=1S/C31H32N10O10S/c1-19(2)21-10-11-25(33-18-21)52(45,46)38-30-27(51-24-8-5-4-7-23(24)47-3)31(49-16-15-48-26(42)9-6-14-50-41(43)44)35-28(34-30)20-12-13-32-22(17-20)29-36-39-40-37-29/h4-5,7-8,10-13,17-19H,6,9,14-16H2,1-3H3,(H,34,35,38)(H,36,37,39,40). The third-order valence-electron chi connectivity index (χ3n) is 6.95. The van der Waals surface area contributed by atoms with Crippen molar-refractivity contribution in [2.45, 2.75) is 37.6 Å². The molecule has 0 saturated heterocycles. The molecule has 0 aliphatic carbocycles. The van der Waals surface area contributed by atoms with Crippen molar-refractivity contribution in [1.82, 2.24) is 40.6 Å². The number of esters is 1. The number of para-hydroxylation sites is 2. The third kappa shape index (κ3) is 9.59. The lowest BCUT2D eigenvalue weighted by atomic mass is 10.1. The van der Waals surface area contributed by atoms with Gasteiger partial charge in [-0.2, -0.15) is 18.6 Å². The molecule has 4 aromatic heterocycles. The lowest BCUT2D eigenvalue weighted by Crippen LogP contribution is -2.18. The van der Waals surface area contributed by atoms with Gasteiger partial charge in [0.05, 0.1) is 13.7 Å². The minimum Gasteiger partial charge on any atom is -0.493 e. The summed E-state index contributed by atoms with van der Waals surface area (Å²) in [4.78, 5) is 44.2. The van der Waals surface area contributed by atoms with Gasteiger partial charge in [-0.15, -0.1) is 20.3 Å². The summed E-state index contributed by atoms with van der Waals surface area (Å²) in [5, 5.41) is 22.9. The van der Waals surface area contributed by atoms with E-state index in [2.05, 4.69) is 50.1 Å². The predicted octanol–water partition coefficient (Wildman–Crippen LogP) is 3.75. The molecule has 2 N–H and O–H groups in total. The molecule has 0 aliphatic rings. The number of nitrogens with zero attached hydrogens (tertiary/aromatic N) is 8. The second-order valence-electron chi connectivity index (χ2n) is 10.9. The van der Waals surface area contributed by atoms with Crippen LogP contribution in [0.1, 0.15) is 38.2 Å². The molecule has 1 aromatic carbocycles. The molecule has 5 rings (SSSR count). The summed E-state index contributed by atoms with van der Waals surface area (Å²) in [7, 11) is -2.95. The molecule has 5 aromatic rings. The number of methoxy groups -OCH3 is 1. The fraction of sp³-hybridized carbons (Fsp3) is 0.290. The quantitative estimate of drug-likeness (QED) is 0.0561. The maximum Gasteiger partial charge on any atom is 0.305 e. The zero-order chi connectivity index (χ0) is 37.1. The molecular formula is C31H32N10O10S. The van der Waals surface area contributed by atoms with Crippen molar-refractivity contribution in [3.63, 3.8) is 0 Å². The number of tetrazole rings is 1. The monoisotopic (exact) mass is 736 g/mol. The Labute approximate surface area is 296 Å². The first kappa shape index (κ1) is 36.8. The summed E-state index contributed by atoms with van der Waals surface area (Å²) in [5.74, 6) is -0.765. The van der Waals surface area contributed by atoms with Gasteiger partial charge in [0.15, 0.2) is 28.2 Å². The van der Waals surface area contributed by atoms with E-state index in [9.17, 15) is 23.3 Å². The van der Waals surface area contributed by atoms with E-state index in [-0.39, 0.29) is 78.5 Å². The van der Waals surface area contributed by atoms with Gasteiger partial charge in [0, 0.05) is 24.4 Å². The average Bonchev–Trinajstić information content (AvgIpc) is 3.68. The summed E-state index contributed by atoms with van der Waals surface area (Å²) in [6, 6.07) is 12.7. The highest BCUT2D eigenvalue weighted by atomic mass is 32.2. The van der Waals surface area contributed by atoms with Crippen LogP contribution in [0.5, 0.6) is 23.1 Å². The molecule has 0 saturated carbocycles. The van der Waals surface area contributed by atoms with Crippen LogP contribution in [0.25, 0.3) is 22.9 Å². The maximum absolute atomic E-state index is 13.8. The maximum atomic E-state index is 13.8. The van der Waals surface area contributed by atoms with Gasteiger partial charge in [-0.25, -0.2) is 9.97 Å². The van der Waals surface area contributed by atoms with Crippen molar-refractivity contribution in [2.75, 3.05) is 31.7 Å². The Morgan fingerprint density at radius 3 is 2.52 bits per heavy atom. The summed E-state index contributed by atoms with van der Waals surface area (Å²) >= 11 is 0. The Kier molecular flexibility index (Phi) is 12.0. The van der Waals surface area contributed by atoms with Gasteiger partial charge in [-0.05, 0) is 53.4 Å². The highest BCUT2D eigenvalue weighted by Gasteiger charge is 2.26. The minimum atomic E-state index is -4.38. The number of carbonyl (C=O) groups is 1. The summed E-state index contributed by atoms with van der Waals surface area (Å²) < 4.78 is 52.7. The number of H-pyrrole nitrogens is 1. The fourth-order valence-electron chi connectivity index (χ4n) is 4.39. The van der Waals surface area contributed by atoms with Crippen LogP contribution < -0.4 is 18.9 Å². The number of anilines is 1. The van der Waals surface area contributed by atoms with E-state index >= 15 is 0 Å². The van der Waals surface area contributed by atoms with Gasteiger partial charge in [-0.1, -0.05) is 32.0 Å². The summed E-state index contributed by atoms with van der Waals surface area (Å²) in [6.45, 7) is 3.09. The first-order chi connectivity index (χ1) is 25.0. The smallest absolute Gasteiger partial charge is 0.305 e. The van der Waals surface area contributed by atoms with Gasteiger partial charge in [0.25, 0.3) is 21.0 Å². The van der Waals surface area contributed by atoms with E-state index in [1.165, 1.54) is 25.6 Å². The number of pyridine rings is 2. The van der Waals surface area contributed by atoms with Crippen molar-refractivity contribution in [3.05, 3.63) is 76.6 Å². The van der Waals surface area contributed by atoms with Crippen molar-refractivity contribution in [1.29, 1.82) is 0 Å². The van der Waals surface area contributed by atoms with Gasteiger partial charge in [-0.3, -0.25) is 14.5 Å². The number of ether oxygens (including phenoxy) is 4. The van der Waals surface area contributed by atoms with E-state index in [1.807, 2.05) is 13.8 Å². The lowest BCUT2D eigenvalue weighted by Gasteiger charge is -2.18. The average molecular weight is 737 g/mol. The van der Waals surface area contributed by atoms with Gasteiger partial charge in [0.2, 0.25) is 11.6 Å². The second kappa shape index (κ2) is 16.9. The number of sulfonamides is 1. The Bertz CT molecular complexity index is 2100. The van der Waals surface area contributed by atoms with E-state index in [0.29, 0.717) is 17.0 Å². The van der Waals surface area contributed by atoms with E-state index in [0.717, 1.165) is 5.56 Å². The lowest BCUT2D eigenvalue weighted by molar-refractivity contribution is -0.757. The normalized spacial score (nSPS) is 11.2. The molecular weight excluding hydrogens is 704 g/mol. The molecule has 0 spiro atoms. The predicted molar refractivity (Wildman–Crippen MR) is 179 cm³/mol. The molecule has 52 heavy (non-hydrogen) atoms. The molecule has 272 valence electrons. The van der Waals surface area contributed by atoms with Crippen LogP contribution in [0.4, 0.5) is 5.82 Å². The summed E-state index contributed by atoms with van der Waals surface area (Å²) in [6.07, 6.45) is 2.84. The van der Waals surface area contributed by atoms with Gasteiger partial charge < -0.3 is 23.8 Å². The van der Waals surface area contributed by atoms with Gasteiger partial charge >= 0.3 is 5.97 Å². The van der Waals surface area contributed by atoms with Crippen molar-refractivity contribution in [3.8, 4) is 46.0 Å². The number of benzene rings is 1. The molecule has 4 heterocycles. The number of hydrogen-bond donors (Lipinski definition) is 2. The first-order valence-electron chi connectivity index (χ1n) is 15.5. The highest BCUT2D eigenvalue weighted by Crippen LogP contribution is 2.41. The first-order valence-corrected chi connectivity index (χ1v) is 17.0. The molecule has 21 heteroatoms. The minimum absolute atomic E-state index is 0.0295. The zero-order valence-electron chi connectivity index (χ0n) is 28.0. The highest BCUT2D eigenvalue weighted by molar-refractivity contribution is 7.92. The number of aromatic amines is 1. The molecule has 0 bridgehead atoms. The van der Waals surface area contributed by atoms with Crippen LogP contribution in [-0.2, 0) is 24.4 Å². The molecule has 0 atom stereocenters. The molecule has 0 unspecified atom stereocenters. The van der Waals surface area contributed by atoms with Crippen molar-refractivity contribution < 1.29 is 42.1 Å². The fourth-order valence-corrected chi connectivity index (χ4v) is 5.32. The van der Waals surface area contributed by atoms with Crippen LogP contribution >= 0.6 is 0 Å². The third-order valence-corrected chi connectivity index (χ3v) is 8.20. The Hall–Kier alpha value is -6.51. The second-order valence-corrected chi connectivity index (χ2v) is 12.5. The Morgan fingerprint density at radius 2 is 1.83 bits per heavy atom. The van der Waals surface area contributed by atoms with Crippen LogP contribution in [-0.4, -0.2) is 87.0 Å². The largest absolute Gasteiger partial charge is 0.493 e. The van der Waals surface area contributed by atoms with E-state index in [1.54, 1.807) is 42.5 Å². The van der Waals surface area contributed by atoms with Crippen LogP contribution in [0.2, 0.25) is 0 Å². The molecule has 20 nitrogen and oxygen atoms in total. The van der Waals surface area contributed by atoms with Gasteiger partial charge in [0.1, 0.15) is 18.9 Å². The number of aromatic nitrogens is 8. The zero-order valence-corrected chi connectivity index (χ0v) is 28.8. The number of hydrogen-bond acceptors (Lipinski definition) is 17. The number of rotatable bonds is 18. The van der Waals surface area contributed by atoms with Crippen LogP contribution in [0, 0.1) is 10.1 Å². The summed E-state index contributed by atoms with van der Waals surface area (Å²) in [5.41, 5.74) is 1.49. The topological polar surface area (TPSA) is 259 Å².